The Hall–Kier alpha value is -2.69. The highest BCUT2D eigenvalue weighted by Gasteiger charge is 2.41. The Morgan fingerprint density at radius 1 is 1.13 bits per heavy atom. The van der Waals surface area contributed by atoms with Crippen LogP contribution < -0.4 is 19.9 Å². The van der Waals surface area contributed by atoms with Gasteiger partial charge < -0.3 is 19.9 Å². The number of ether oxygens (including phenoxy) is 1. The lowest BCUT2D eigenvalue weighted by Gasteiger charge is -2.49. The molecule has 5 heteroatoms. The number of hydrogen-bond donors (Lipinski definition) is 1. The predicted octanol–water partition coefficient (Wildman–Crippen LogP) is 3.73. The van der Waals surface area contributed by atoms with Crippen molar-refractivity contribution >= 4 is 17.3 Å². The van der Waals surface area contributed by atoms with Crippen LogP contribution in [0, 0.1) is 11.8 Å². The topological polar surface area (TPSA) is 44.8 Å². The Balaban J connectivity index is 1.56. The molecule has 4 rings (SSSR count). The summed E-state index contributed by atoms with van der Waals surface area (Å²) in [7, 11) is 1.69. The molecular formula is C25H33N3O2. The molecule has 0 saturated carbocycles. The van der Waals surface area contributed by atoms with Gasteiger partial charge in [-0.05, 0) is 54.7 Å². The number of amides is 1. The monoisotopic (exact) mass is 407 g/mol. The van der Waals surface area contributed by atoms with Crippen molar-refractivity contribution in [3.63, 3.8) is 0 Å². The lowest BCUT2D eigenvalue weighted by atomic mass is 9.83. The number of anilines is 2. The van der Waals surface area contributed by atoms with Gasteiger partial charge in [0.15, 0.2) is 0 Å². The van der Waals surface area contributed by atoms with Gasteiger partial charge in [-0.2, -0.15) is 0 Å². The molecule has 0 spiro atoms. The van der Waals surface area contributed by atoms with Crippen molar-refractivity contribution in [2.24, 2.45) is 11.8 Å². The summed E-state index contributed by atoms with van der Waals surface area (Å²) in [6.07, 6.45) is 1.82. The van der Waals surface area contributed by atoms with E-state index in [2.05, 4.69) is 65.4 Å². The highest BCUT2D eigenvalue weighted by atomic mass is 16.5. The van der Waals surface area contributed by atoms with Gasteiger partial charge in [0.25, 0.3) is 0 Å². The first-order valence-electron chi connectivity index (χ1n) is 11.1. The van der Waals surface area contributed by atoms with E-state index in [0.717, 1.165) is 44.8 Å². The van der Waals surface area contributed by atoms with Crippen molar-refractivity contribution in [2.75, 3.05) is 43.1 Å². The van der Waals surface area contributed by atoms with Crippen LogP contribution in [0.4, 0.5) is 11.4 Å². The van der Waals surface area contributed by atoms with Gasteiger partial charge in [0.2, 0.25) is 5.91 Å². The molecule has 0 bridgehead atoms. The molecule has 5 nitrogen and oxygen atoms in total. The van der Waals surface area contributed by atoms with Gasteiger partial charge in [-0.1, -0.05) is 32.0 Å². The summed E-state index contributed by atoms with van der Waals surface area (Å²) < 4.78 is 5.30. The highest BCUT2D eigenvalue weighted by Crippen LogP contribution is 2.37. The molecule has 0 aliphatic carbocycles. The number of hydrogen-bond acceptors (Lipinski definition) is 4. The SMILES string of the molecule is COc1ccc(N2CCN3c4ccccc4CC(C(=O)NCCC(C)C)C3C2)cc1. The molecule has 2 aliphatic rings. The highest BCUT2D eigenvalue weighted by molar-refractivity contribution is 5.82. The van der Waals surface area contributed by atoms with Crippen molar-refractivity contribution in [1.82, 2.24) is 5.32 Å². The maximum atomic E-state index is 13.2. The van der Waals surface area contributed by atoms with E-state index in [1.807, 2.05) is 12.1 Å². The average Bonchev–Trinajstić information content (AvgIpc) is 2.78. The van der Waals surface area contributed by atoms with Crippen LogP contribution in [-0.2, 0) is 11.2 Å². The number of nitrogens with zero attached hydrogens (tertiary/aromatic N) is 2. The molecule has 1 N–H and O–H groups in total. The van der Waals surface area contributed by atoms with Gasteiger partial charge >= 0.3 is 0 Å². The molecule has 160 valence electrons. The fraction of sp³-hybridized carbons (Fsp3) is 0.480. The third-order valence-corrected chi connectivity index (χ3v) is 6.42. The van der Waals surface area contributed by atoms with Gasteiger partial charge in [0.1, 0.15) is 5.75 Å². The fourth-order valence-electron chi connectivity index (χ4n) is 4.70. The molecule has 0 radical (unpaired) electrons. The first-order chi connectivity index (χ1) is 14.6. The standard InChI is InChI=1S/C25H33N3O2/c1-18(2)12-13-26-25(29)22-16-19-6-4-5-7-23(19)28-15-14-27(17-24(22)28)20-8-10-21(30-3)11-9-20/h4-11,18,22,24H,12-17H2,1-3H3,(H,26,29). The van der Waals surface area contributed by atoms with Gasteiger partial charge in [0.05, 0.1) is 19.1 Å². The molecule has 0 aromatic heterocycles. The summed E-state index contributed by atoms with van der Waals surface area (Å²) in [5, 5.41) is 3.22. The minimum Gasteiger partial charge on any atom is -0.497 e. The maximum Gasteiger partial charge on any atom is 0.225 e. The number of rotatable bonds is 6. The lowest BCUT2D eigenvalue weighted by molar-refractivity contribution is -0.125. The Bertz CT molecular complexity index is 865. The number of para-hydroxylation sites is 1. The number of fused-ring (bicyclic) bond motifs is 3. The number of benzene rings is 2. The van der Waals surface area contributed by atoms with Crippen molar-refractivity contribution in [1.29, 1.82) is 0 Å². The summed E-state index contributed by atoms with van der Waals surface area (Å²) in [5.41, 5.74) is 3.77. The second-order valence-electron chi connectivity index (χ2n) is 8.82. The Morgan fingerprint density at radius 2 is 1.90 bits per heavy atom. The first-order valence-corrected chi connectivity index (χ1v) is 11.1. The Kier molecular flexibility index (Phi) is 6.16. The second-order valence-corrected chi connectivity index (χ2v) is 8.82. The number of carbonyl (C=O) groups is 1. The van der Waals surface area contributed by atoms with Crippen LogP contribution in [0.15, 0.2) is 48.5 Å². The molecule has 2 heterocycles. The van der Waals surface area contributed by atoms with Crippen molar-refractivity contribution < 1.29 is 9.53 Å². The largest absolute Gasteiger partial charge is 0.497 e. The second kappa shape index (κ2) is 8.99. The van der Waals surface area contributed by atoms with Crippen LogP contribution in [0.1, 0.15) is 25.8 Å². The van der Waals surface area contributed by atoms with E-state index in [-0.39, 0.29) is 17.9 Å². The minimum absolute atomic E-state index is 0.0342. The van der Waals surface area contributed by atoms with Crippen molar-refractivity contribution in [2.45, 2.75) is 32.7 Å². The number of piperazine rings is 1. The van der Waals surface area contributed by atoms with Crippen LogP contribution in [0.5, 0.6) is 5.75 Å². The summed E-state index contributed by atoms with van der Waals surface area (Å²) >= 11 is 0. The Labute approximate surface area is 180 Å². The number of carbonyl (C=O) groups excluding carboxylic acids is 1. The van der Waals surface area contributed by atoms with E-state index in [9.17, 15) is 4.79 Å². The summed E-state index contributed by atoms with van der Waals surface area (Å²) in [6, 6.07) is 17.0. The van der Waals surface area contributed by atoms with E-state index >= 15 is 0 Å². The fourth-order valence-corrected chi connectivity index (χ4v) is 4.70. The lowest BCUT2D eigenvalue weighted by Crippen LogP contribution is -2.61. The number of nitrogens with one attached hydrogen (secondary N) is 1. The minimum atomic E-state index is -0.0342. The zero-order valence-electron chi connectivity index (χ0n) is 18.3. The molecule has 2 unspecified atom stereocenters. The first kappa shape index (κ1) is 20.6. The van der Waals surface area contributed by atoms with Crippen molar-refractivity contribution in [3.8, 4) is 5.75 Å². The molecule has 1 saturated heterocycles. The van der Waals surface area contributed by atoms with Crippen LogP contribution in [0.3, 0.4) is 0 Å². The third-order valence-electron chi connectivity index (χ3n) is 6.42. The van der Waals surface area contributed by atoms with Crippen LogP contribution in [0.25, 0.3) is 0 Å². The van der Waals surface area contributed by atoms with Crippen LogP contribution in [-0.4, -0.2) is 45.2 Å². The molecule has 1 amide bonds. The van der Waals surface area contributed by atoms with Gasteiger partial charge in [0, 0.05) is 37.6 Å². The smallest absolute Gasteiger partial charge is 0.225 e. The quantitative estimate of drug-likeness (QED) is 0.793. The van der Waals surface area contributed by atoms with Crippen LogP contribution in [0.2, 0.25) is 0 Å². The molecular weight excluding hydrogens is 374 g/mol. The number of methoxy groups -OCH3 is 1. The summed E-state index contributed by atoms with van der Waals surface area (Å²) in [5.74, 6) is 1.62. The summed E-state index contributed by atoms with van der Waals surface area (Å²) in [6.45, 7) is 7.85. The van der Waals surface area contributed by atoms with E-state index in [1.165, 1.54) is 16.9 Å². The van der Waals surface area contributed by atoms with E-state index in [1.54, 1.807) is 7.11 Å². The average molecular weight is 408 g/mol. The molecule has 2 aromatic rings. The molecule has 30 heavy (non-hydrogen) atoms. The van der Waals surface area contributed by atoms with E-state index in [0.29, 0.717) is 5.92 Å². The zero-order valence-corrected chi connectivity index (χ0v) is 18.3. The van der Waals surface area contributed by atoms with E-state index in [4.69, 9.17) is 4.74 Å². The molecule has 2 atom stereocenters. The normalized spacial score (nSPS) is 20.5. The van der Waals surface area contributed by atoms with Crippen molar-refractivity contribution in [3.05, 3.63) is 54.1 Å². The zero-order chi connectivity index (χ0) is 21.1. The van der Waals surface area contributed by atoms with Crippen LogP contribution >= 0.6 is 0 Å². The van der Waals surface area contributed by atoms with E-state index < -0.39 is 0 Å². The van der Waals surface area contributed by atoms with Gasteiger partial charge in [-0.25, -0.2) is 0 Å². The summed E-state index contributed by atoms with van der Waals surface area (Å²) in [4.78, 5) is 18.1. The predicted molar refractivity (Wildman–Crippen MR) is 122 cm³/mol. The molecule has 2 aromatic carbocycles. The third kappa shape index (κ3) is 4.25. The Morgan fingerprint density at radius 3 is 2.63 bits per heavy atom. The molecule has 2 aliphatic heterocycles. The van der Waals surface area contributed by atoms with Gasteiger partial charge in [-0.15, -0.1) is 0 Å². The molecule has 1 fully saturated rings. The maximum absolute atomic E-state index is 13.2. The van der Waals surface area contributed by atoms with Gasteiger partial charge in [-0.3, -0.25) is 4.79 Å².